The van der Waals surface area contributed by atoms with E-state index in [9.17, 15) is 4.79 Å². The average molecular weight is 488 g/mol. The van der Waals surface area contributed by atoms with E-state index in [-0.39, 0.29) is 5.91 Å². The number of hydrogen-bond acceptors (Lipinski definition) is 6. The third-order valence-corrected chi connectivity index (χ3v) is 7.14. The zero-order valence-electron chi connectivity index (χ0n) is 19.6. The fourth-order valence-corrected chi connectivity index (χ4v) is 5.14. The molecule has 1 fully saturated rings. The molecule has 2 aromatic carbocycles. The van der Waals surface area contributed by atoms with Crippen LogP contribution in [-0.4, -0.2) is 38.7 Å². The van der Waals surface area contributed by atoms with Crippen LogP contribution in [0, 0.1) is 0 Å². The molecule has 1 aliphatic heterocycles. The largest absolute Gasteiger partial charge is 0.467 e. The van der Waals surface area contributed by atoms with Crippen LogP contribution in [0.3, 0.4) is 0 Å². The van der Waals surface area contributed by atoms with Crippen LogP contribution in [0.1, 0.15) is 45.9 Å². The number of nitrogens with one attached hydrogen (secondary N) is 1. The van der Waals surface area contributed by atoms with Crippen molar-refractivity contribution in [2.24, 2.45) is 0 Å². The Labute approximate surface area is 209 Å². The van der Waals surface area contributed by atoms with Gasteiger partial charge in [-0.3, -0.25) is 9.69 Å². The molecule has 1 aliphatic rings. The van der Waals surface area contributed by atoms with E-state index in [0.29, 0.717) is 17.9 Å². The molecular weight excluding hydrogens is 458 g/mol. The molecular formula is C27H29N5O2S. The molecule has 1 amide bonds. The van der Waals surface area contributed by atoms with Crippen molar-refractivity contribution in [1.82, 2.24) is 25.0 Å². The third kappa shape index (κ3) is 6.21. The van der Waals surface area contributed by atoms with Gasteiger partial charge in [0.1, 0.15) is 11.6 Å². The van der Waals surface area contributed by atoms with E-state index in [2.05, 4.69) is 49.2 Å². The minimum Gasteiger partial charge on any atom is -0.467 e. The van der Waals surface area contributed by atoms with E-state index >= 15 is 0 Å². The average Bonchev–Trinajstić information content (AvgIpc) is 3.67. The van der Waals surface area contributed by atoms with Gasteiger partial charge in [0.05, 0.1) is 25.9 Å². The normalized spacial score (nSPS) is 13.8. The smallest absolute Gasteiger partial charge is 0.251 e. The Balaban J connectivity index is 1.27. The third-order valence-electron chi connectivity index (χ3n) is 6.10. The molecule has 0 aliphatic carbocycles. The van der Waals surface area contributed by atoms with Crippen LogP contribution in [0.15, 0.2) is 82.6 Å². The molecule has 5 rings (SSSR count). The van der Waals surface area contributed by atoms with E-state index in [4.69, 9.17) is 4.42 Å². The van der Waals surface area contributed by atoms with E-state index in [1.165, 1.54) is 18.4 Å². The van der Waals surface area contributed by atoms with Gasteiger partial charge in [-0.25, -0.2) is 0 Å². The van der Waals surface area contributed by atoms with Gasteiger partial charge in [-0.05, 0) is 61.3 Å². The van der Waals surface area contributed by atoms with Crippen LogP contribution in [-0.2, 0) is 25.4 Å². The Bertz CT molecular complexity index is 1230. The molecule has 0 unspecified atom stereocenters. The van der Waals surface area contributed by atoms with Crippen molar-refractivity contribution in [3.63, 3.8) is 0 Å². The highest BCUT2D eigenvalue weighted by Crippen LogP contribution is 2.25. The van der Waals surface area contributed by atoms with Crippen molar-refractivity contribution in [3.05, 3.63) is 101 Å². The fourth-order valence-electron chi connectivity index (χ4n) is 4.24. The zero-order chi connectivity index (χ0) is 23.9. The summed E-state index contributed by atoms with van der Waals surface area (Å²) in [6.45, 7) is 4.18. The first-order chi connectivity index (χ1) is 17.2. The molecule has 4 aromatic rings. The number of rotatable bonds is 10. The number of nitrogens with zero attached hydrogens (tertiary/aromatic N) is 4. The lowest BCUT2D eigenvalue weighted by molar-refractivity contribution is 0.0948. The quantitative estimate of drug-likeness (QED) is 0.326. The van der Waals surface area contributed by atoms with Gasteiger partial charge in [0.25, 0.3) is 5.91 Å². The summed E-state index contributed by atoms with van der Waals surface area (Å²) in [7, 11) is 0. The number of carbonyl (C=O) groups excluding carboxylic acids is 1. The highest BCUT2D eigenvalue weighted by Gasteiger charge is 2.19. The summed E-state index contributed by atoms with van der Waals surface area (Å²) in [6.07, 6.45) is 4.10. The van der Waals surface area contributed by atoms with Crippen LogP contribution < -0.4 is 5.32 Å². The fraction of sp³-hybridized carbons (Fsp3) is 0.296. The molecule has 180 valence electrons. The van der Waals surface area contributed by atoms with Gasteiger partial charge in [-0.15, -0.1) is 10.2 Å². The zero-order valence-corrected chi connectivity index (χ0v) is 20.4. The number of carbonyl (C=O) groups is 1. The Morgan fingerprint density at radius 1 is 0.943 bits per heavy atom. The lowest BCUT2D eigenvalue weighted by atomic mass is 10.1. The summed E-state index contributed by atoms with van der Waals surface area (Å²) in [4.78, 5) is 15.1. The maximum absolute atomic E-state index is 12.6. The van der Waals surface area contributed by atoms with Gasteiger partial charge in [0.2, 0.25) is 0 Å². The van der Waals surface area contributed by atoms with Crippen LogP contribution >= 0.6 is 11.8 Å². The van der Waals surface area contributed by atoms with E-state index in [1.807, 2.05) is 42.5 Å². The Hall–Kier alpha value is -3.36. The SMILES string of the molecule is O=C(NCc1ccco1)c1cccc(CSc2nnc(CN3CCCC3)n2Cc2ccccc2)c1. The highest BCUT2D eigenvalue weighted by atomic mass is 32.2. The number of aromatic nitrogens is 3. The Morgan fingerprint density at radius 3 is 2.57 bits per heavy atom. The summed E-state index contributed by atoms with van der Waals surface area (Å²) in [5.74, 6) is 2.32. The first-order valence-corrected chi connectivity index (χ1v) is 12.9. The van der Waals surface area contributed by atoms with E-state index < -0.39 is 0 Å². The molecule has 1 N–H and O–H groups in total. The molecule has 0 radical (unpaired) electrons. The first kappa shape index (κ1) is 23.4. The van der Waals surface area contributed by atoms with E-state index in [1.54, 1.807) is 18.0 Å². The summed E-state index contributed by atoms with van der Waals surface area (Å²) in [5.41, 5.74) is 2.93. The van der Waals surface area contributed by atoms with Gasteiger partial charge in [-0.2, -0.15) is 0 Å². The number of amides is 1. The molecule has 0 spiro atoms. The second-order valence-electron chi connectivity index (χ2n) is 8.70. The predicted molar refractivity (Wildman–Crippen MR) is 136 cm³/mol. The summed E-state index contributed by atoms with van der Waals surface area (Å²) in [6, 6.07) is 21.8. The van der Waals surface area contributed by atoms with Crippen molar-refractivity contribution in [3.8, 4) is 0 Å². The van der Waals surface area contributed by atoms with Crippen molar-refractivity contribution < 1.29 is 9.21 Å². The molecule has 2 aromatic heterocycles. The van der Waals surface area contributed by atoms with Gasteiger partial charge >= 0.3 is 0 Å². The number of hydrogen-bond donors (Lipinski definition) is 1. The molecule has 1 saturated heterocycles. The van der Waals surface area contributed by atoms with Gasteiger partial charge in [0, 0.05) is 11.3 Å². The number of thioether (sulfide) groups is 1. The maximum atomic E-state index is 12.6. The van der Waals surface area contributed by atoms with Crippen molar-refractivity contribution in [1.29, 1.82) is 0 Å². The van der Waals surface area contributed by atoms with Crippen LogP contribution in [0.4, 0.5) is 0 Å². The number of likely N-dealkylation sites (tertiary alicyclic amines) is 1. The van der Waals surface area contributed by atoms with Gasteiger partial charge in [-0.1, -0.05) is 54.2 Å². The van der Waals surface area contributed by atoms with Crippen molar-refractivity contribution in [2.45, 2.75) is 43.4 Å². The lowest BCUT2D eigenvalue weighted by Crippen LogP contribution is -2.22. The Kier molecular flexibility index (Phi) is 7.60. The van der Waals surface area contributed by atoms with E-state index in [0.717, 1.165) is 48.5 Å². The van der Waals surface area contributed by atoms with Gasteiger partial charge in [0.15, 0.2) is 5.16 Å². The van der Waals surface area contributed by atoms with Crippen LogP contribution in [0.2, 0.25) is 0 Å². The second kappa shape index (κ2) is 11.4. The van der Waals surface area contributed by atoms with Crippen molar-refractivity contribution in [2.75, 3.05) is 13.1 Å². The molecule has 8 heteroatoms. The van der Waals surface area contributed by atoms with Crippen LogP contribution in [0.25, 0.3) is 0 Å². The first-order valence-electron chi connectivity index (χ1n) is 12.0. The minimum absolute atomic E-state index is 0.117. The summed E-state index contributed by atoms with van der Waals surface area (Å²) >= 11 is 1.65. The van der Waals surface area contributed by atoms with Crippen molar-refractivity contribution >= 4 is 17.7 Å². The van der Waals surface area contributed by atoms with Gasteiger partial charge < -0.3 is 14.3 Å². The molecule has 3 heterocycles. The standard InChI is InChI=1S/C27H29N5O2S/c33-26(28-17-24-12-7-15-34-24)23-11-6-10-22(16-23)20-35-27-30-29-25(19-31-13-4-5-14-31)32(27)18-21-8-2-1-3-9-21/h1-3,6-12,15-16H,4-5,13-14,17-20H2,(H,28,33). The molecule has 35 heavy (non-hydrogen) atoms. The highest BCUT2D eigenvalue weighted by molar-refractivity contribution is 7.98. The number of furan rings is 1. The minimum atomic E-state index is -0.117. The lowest BCUT2D eigenvalue weighted by Gasteiger charge is -2.16. The molecule has 7 nitrogen and oxygen atoms in total. The topological polar surface area (TPSA) is 76.2 Å². The summed E-state index contributed by atoms with van der Waals surface area (Å²) < 4.78 is 7.53. The summed E-state index contributed by atoms with van der Waals surface area (Å²) in [5, 5.41) is 12.9. The maximum Gasteiger partial charge on any atom is 0.251 e. The number of benzene rings is 2. The van der Waals surface area contributed by atoms with Crippen LogP contribution in [0.5, 0.6) is 0 Å². The Morgan fingerprint density at radius 2 is 1.77 bits per heavy atom. The molecule has 0 bridgehead atoms. The molecule has 0 atom stereocenters. The monoisotopic (exact) mass is 487 g/mol. The second-order valence-corrected chi connectivity index (χ2v) is 9.65. The molecule has 0 saturated carbocycles. The predicted octanol–water partition coefficient (Wildman–Crippen LogP) is 4.74.